The molecule has 2 aliphatic carbocycles. The van der Waals surface area contributed by atoms with Crippen LogP contribution < -0.4 is 4.74 Å². The lowest BCUT2D eigenvalue weighted by atomic mass is 9.83. The van der Waals surface area contributed by atoms with E-state index in [1.165, 1.54) is 25.7 Å². The normalized spacial score (nSPS) is 33.1. The van der Waals surface area contributed by atoms with Crippen molar-refractivity contribution in [2.75, 3.05) is 20.2 Å². The second-order valence-electron chi connectivity index (χ2n) is 7.59. The van der Waals surface area contributed by atoms with E-state index in [0.29, 0.717) is 35.2 Å². The maximum absolute atomic E-state index is 15.6. The van der Waals surface area contributed by atoms with Crippen molar-refractivity contribution < 1.29 is 9.13 Å². The number of alkyl halides is 1. The first kappa shape index (κ1) is 15.7. The molecule has 1 saturated heterocycles. The third-order valence-corrected chi connectivity index (χ3v) is 6.64. The Hall–Kier alpha value is -0.800. The van der Waals surface area contributed by atoms with Gasteiger partial charge in [-0.3, -0.25) is 4.90 Å². The van der Waals surface area contributed by atoms with Crippen molar-refractivity contribution in [1.29, 1.82) is 0 Å². The summed E-state index contributed by atoms with van der Waals surface area (Å²) in [5.41, 5.74) is -0.690. The highest BCUT2D eigenvalue weighted by molar-refractivity contribution is 6.30. The topological polar surface area (TPSA) is 12.5 Å². The van der Waals surface area contributed by atoms with Crippen LogP contribution in [0, 0.1) is 11.8 Å². The van der Waals surface area contributed by atoms with Gasteiger partial charge in [-0.05, 0) is 62.1 Å². The summed E-state index contributed by atoms with van der Waals surface area (Å²) in [7, 11) is 1.60. The van der Waals surface area contributed by atoms with Gasteiger partial charge in [-0.25, -0.2) is 4.39 Å². The summed E-state index contributed by atoms with van der Waals surface area (Å²) in [6.45, 7) is 1.69. The maximum atomic E-state index is 15.6. The van der Waals surface area contributed by atoms with Crippen LogP contribution >= 0.6 is 11.6 Å². The zero-order chi connectivity index (χ0) is 16.0. The van der Waals surface area contributed by atoms with Crippen molar-refractivity contribution in [3.63, 3.8) is 0 Å². The summed E-state index contributed by atoms with van der Waals surface area (Å²) in [6, 6.07) is 5.99. The van der Waals surface area contributed by atoms with Crippen LogP contribution in [0.2, 0.25) is 5.02 Å². The zero-order valence-corrected chi connectivity index (χ0v) is 14.5. The van der Waals surface area contributed by atoms with Gasteiger partial charge < -0.3 is 4.74 Å². The summed E-state index contributed by atoms with van der Waals surface area (Å²) in [4.78, 5) is 2.55. The number of hydrogen-bond acceptors (Lipinski definition) is 2. The van der Waals surface area contributed by atoms with E-state index < -0.39 is 5.67 Å². The fraction of sp³-hybridized carbons (Fsp3) is 0.684. The number of ether oxygens (including phenoxy) is 1. The zero-order valence-electron chi connectivity index (χ0n) is 13.7. The second-order valence-corrected chi connectivity index (χ2v) is 8.02. The summed E-state index contributed by atoms with van der Waals surface area (Å²) >= 11 is 6.10. The minimum absolute atomic E-state index is 0.539. The molecule has 1 heterocycles. The van der Waals surface area contributed by atoms with Crippen LogP contribution in [0.1, 0.15) is 44.1 Å². The first-order valence-electron chi connectivity index (χ1n) is 8.86. The molecule has 1 aromatic rings. The molecule has 0 aromatic heterocycles. The number of hydrogen-bond donors (Lipinski definition) is 0. The van der Waals surface area contributed by atoms with Gasteiger partial charge in [-0.1, -0.05) is 18.0 Å². The first-order valence-corrected chi connectivity index (χ1v) is 9.24. The van der Waals surface area contributed by atoms with Gasteiger partial charge in [0.25, 0.3) is 0 Å². The SMILES string of the molecule is COc1ccc(Cl)cc1C1(F)CCN([C@@H]2C[C@H]3CCC2C3)CC1. The average Bonchev–Trinajstić information content (AvgIpc) is 3.19. The molecule has 0 spiro atoms. The molecular weight excluding hydrogens is 313 g/mol. The van der Waals surface area contributed by atoms with Crippen molar-refractivity contribution in [2.45, 2.75) is 50.2 Å². The Labute approximate surface area is 143 Å². The third kappa shape index (κ3) is 2.76. The van der Waals surface area contributed by atoms with Crippen LogP contribution in [0.3, 0.4) is 0 Å². The number of halogens is 2. The number of rotatable bonds is 3. The molecule has 0 N–H and O–H groups in total. The second kappa shape index (κ2) is 5.93. The molecule has 0 radical (unpaired) electrons. The van der Waals surface area contributed by atoms with Gasteiger partial charge >= 0.3 is 0 Å². The highest BCUT2D eigenvalue weighted by Gasteiger charge is 2.46. The molecule has 23 heavy (non-hydrogen) atoms. The molecule has 3 fully saturated rings. The van der Waals surface area contributed by atoms with Gasteiger partial charge in [0.15, 0.2) is 0 Å². The maximum Gasteiger partial charge on any atom is 0.142 e. The molecule has 3 aliphatic rings. The van der Waals surface area contributed by atoms with Crippen molar-refractivity contribution in [3.05, 3.63) is 28.8 Å². The highest BCUT2D eigenvalue weighted by Crippen LogP contribution is 2.49. The lowest BCUT2D eigenvalue weighted by Gasteiger charge is -2.42. The van der Waals surface area contributed by atoms with Gasteiger partial charge in [0.05, 0.1) is 7.11 Å². The number of likely N-dealkylation sites (tertiary alicyclic amines) is 1. The lowest BCUT2D eigenvalue weighted by Crippen LogP contribution is -2.47. The average molecular weight is 338 g/mol. The Morgan fingerprint density at radius 1 is 1.22 bits per heavy atom. The number of nitrogens with zero attached hydrogens (tertiary/aromatic N) is 1. The van der Waals surface area contributed by atoms with E-state index in [1.54, 1.807) is 25.3 Å². The standard InChI is InChI=1S/C19H25ClFNO/c1-23-18-5-4-15(20)12-16(18)19(21)6-8-22(9-7-19)17-11-13-2-3-14(17)10-13/h4-5,12-14,17H,2-3,6-11H2,1H3/t13-,14?,17+/m0/s1. The smallest absolute Gasteiger partial charge is 0.142 e. The van der Waals surface area contributed by atoms with Gasteiger partial charge in [-0.2, -0.15) is 0 Å². The Kier molecular flexibility index (Phi) is 4.05. The largest absolute Gasteiger partial charge is 0.496 e. The minimum Gasteiger partial charge on any atom is -0.496 e. The van der Waals surface area contributed by atoms with Crippen molar-refractivity contribution in [3.8, 4) is 5.75 Å². The molecule has 4 rings (SSSR count). The van der Waals surface area contributed by atoms with E-state index >= 15 is 4.39 Å². The van der Waals surface area contributed by atoms with E-state index in [4.69, 9.17) is 16.3 Å². The number of methoxy groups -OCH3 is 1. The molecular formula is C19H25ClFNO. The molecule has 2 bridgehead atoms. The van der Waals surface area contributed by atoms with E-state index in [-0.39, 0.29) is 0 Å². The number of fused-ring (bicyclic) bond motifs is 2. The molecule has 4 heteroatoms. The molecule has 0 amide bonds. The minimum atomic E-state index is -1.32. The van der Waals surface area contributed by atoms with E-state index in [0.717, 1.165) is 24.9 Å². The Bertz CT molecular complexity index is 585. The highest BCUT2D eigenvalue weighted by atomic mass is 35.5. The Morgan fingerprint density at radius 2 is 2.00 bits per heavy atom. The van der Waals surface area contributed by atoms with Gasteiger partial charge in [0, 0.05) is 29.7 Å². The predicted octanol–water partition coefficient (Wildman–Crippen LogP) is 4.80. The molecule has 2 saturated carbocycles. The Balaban J connectivity index is 1.49. The molecule has 126 valence electrons. The number of piperidine rings is 1. The van der Waals surface area contributed by atoms with E-state index in [1.807, 2.05) is 0 Å². The van der Waals surface area contributed by atoms with Crippen LogP contribution in [0.4, 0.5) is 4.39 Å². The first-order chi connectivity index (χ1) is 11.1. The monoisotopic (exact) mass is 337 g/mol. The molecule has 1 aromatic carbocycles. The fourth-order valence-corrected chi connectivity index (χ4v) is 5.34. The summed E-state index contributed by atoms with van der Waals surface area (Å²) < 4.78 is 21.0. The molecule has 1 aliphatic heterocycles. The third-order valence-electron chi connectivity index (χ3n) is 6.40. The molecule has 3 atom stereocenters. The number of benzene rings is 1. The van der Waals surface area contributed by atoms with Crippen molar-refractivity contribution >= 4 is 11.6 Å². The van der Waals surface area contributed by atoms with Gasteiger partial charge in [0.2, 0.25) is 0 Å². The summed E-state index contributed by atoms with van der Waals surface area (Å²) in [5, 5.41) is 0.577. The van der Waals surface area contributed by atoms with Gasteiger partial charge in [-0.15, -0.1) is 0 Å². The van der Waals surface area contributed by atoms with E-state index in [2.05, 4.69) is 4.90 Å². The summed E-state index contributed by atoms with van der Waals surface area (Å²) in [6.07, 6.45) is 6.63. The summed E-state index contributed by atoms with van der Waals surface area (Å²) in [5.74, 6) is 2.42. The molecule has 1 unspecified atom stereocenters. The molecule has 2 nitrogen and oxygen atoms in total. The van der Waals surface area contributed by atoms with Crippen molar-refractivity contribution in [1.82, 2.24) is 4.90 Å². The van der Waals surface area contributed by atoms with Crippen LogP contribution in [-0.2, 0) is 5.67 Å². The van der Waals surface area contributed by atoms with Crippen LogP contribution in [0.5, 0.6) is 5.75 Å². The van der Waals surface area contributed by atoms with Crippen LogP contribution in [-0.4, -0.2) is 31.1 Å². The predicted molar refractivity (Wildman–Crippen MR) is 90.8 cm³/mol. The quantitative estimate of drug-likeness (QED) is 0.785. The van der Waals surface area contributed by atoms with Crippen molar-refractivity contribution in [2.24, 2.45) is 11.8 Å². The Morgan fingerprint density at radius 3 is 2.61 bits per heavy atom. The van der Waals surface area contributed by atoms with Crippen LogP contribution in [0.15, 0.2) is 18.2 Å². The van der Waals surface area contributed by atoms with Crippen LogP contribution in [0.25, 0.3) is 0 Å². The fourth-order valence-electron chi connectivity index (χ4n) is 5.17. The van der Waals surface area contributed by atoms with Gasteiger partial charge in [0.1, 0.15) is 11.4 Å². The van der Waals surface area contributed by atoms with E-state index in [9.17, 15) is 0 Å². The lowest BCUT2D eigenvalue weighted by molar-refractivity contribution is 0.0210.